The third-order valence-electron chi connectivity index (χ3n) is 2.99. The van der Waals surface area contributed by atoms with Gasteiger partial charge in [-0.2, -0.15) is 0 Å². The van der Waals surface area contributed by atoms with E-state index in [-0.39, 0.29) is 12.2 Å². The second-order valence-corrected chi connectivity index (χ2v) is 6.79. The van der Waals surface area contributed by atoms with Crippen LogP contribution in [0.1, 0.15) is 33.6 Å². The Balaban J connectivity index is 1.80. The Labute approximate surface area is 132 Å². The molecular formula is C14H20BrN3O3. The molecule has 1 fully saturated rings. The Morgan fingerprint density at radius 3 is 2.48 bits per heavy atom. The van der Waals surface area contributed by atoms with E-state index in [0.29, 0.717) is 23.6 Å². The van der Waals surface area contributed by atoms with Crippen molar-refractivity contribution in [2.24, 2.45) is 0 Å². The van der Waals surface area contributed by atoms with E-state index < -0.39 is 5.60 Å². The number of aromatic nitrogens is 2. The lowest BCUT2D eigenvalue weighted by atomic mass is 10.1. The Bertz CT molecular complexity index is 479. The number of halogens is 1. The second kappa shape index (κ2) is 6.60. The number of carbonyl (C=O) groups excluding carboxylic acids is 1. The number of piperidine rings is 1. The number of carbonyl (C=O) groups is 1. The molecule has 0 N–H and O–H groups in total. The van der Waals surface area contributed by atoms with Gasteiger partial charge in [0.25, 0.3) is 0 Å². The summed E-state index contributed by atoms with van der Waals surface area (Å²) in [5, 5.41) is 7.84. The lowest BCUT2D eigenvalue weighted by Crippen LogP contribution is -2.44. The minimum atomic E-state index is -0.461. The van der Waals surface area contributed by atoms with Gasteiger partial charge in [0.05, 0.1) is 0 Å². The maximum atomic E-state index is 12.0. The zero-order chi connectivity index (χ0) is 15.5. The van der Waals surface area contributed by atoms with Crippen molar-refractivity contribution < 1.29 is 14.3 Å². The summed E-state index contributed by atoms with van der Waals surface area (Å²) in [6.07, 6.45) is 1.32. The number of amides is 1. The Morgan fingerprint density at radius 1 is 1.29 bits per heavy atom. The molecule has 1 aromatic rings. The van der Waals surface area contributed by atoms with Gasteiger partial charge >= 0.3 is 6.09 Å². The molecule has 116 valence electrons. The first-order valence-corrected chi connectivity index (χ1v) is 7.76. The molecule has 7 heteroatoms. The highest BCUT2D eigenvalue weighted by Crippen LogP contribution is 2.19. The lowest BCUT2D eigenvalue weighted by Gasteiger charge is -2.33. The maximum Gasteiger partial charge on any atom is 0.410 e. The molecule has 2 heterocycles. The molecule has 1 aliphatic rings. The van der Waals surface area contributed by atoms with E-state index in [2.05, 4.69) is 26.1 Å². The highest BCUT2D eigenvalue weighted by Gasteiger charge is 2.27. The molecule has 0 bridgehead atoms. The van der Waals surface area contributed by atoms with E-state index in [1.165, 1.54) is 0 Å². The van der Waals surface area contributed by atoms with Crippen LogP contribution in [0.2, 0.25) is 0 Å². The second-order valence-electron chi connectivity index (χ2n) is 5.98. The number of likely N-dealkylation sites (tertiary alicyclic amines) is 1. The van der Waals surface area contributed by atoms with E-state index >= 15 is 0 Å². The SMILES string of the molecule is CC(C)(C)OC(=O)N1CCC(Oc2ccc(Br)nn2)CC1. The van der Waals surface area contributed by atoms with Crippen LogP contribution in [-0.4, -0.2) is 46.0 Å². The maximum absolute atomic E-state index is 12.0. The summed E-state index contributed by atoms with van der Waals surface area (Å²) in [4.78, 5) is 13.7. The summed E-state index contributed by atoms with van der Waals surface area (Å²) in [5.74, 6) is 0.508. The van der Waals surface area contributed by atoms with Crippen molar-refractivity contribution in [2.45, 2.75) is 45.3 Å². The monoisotopic (exact) mass is 357 g/mol. The van der Waals surface area contributed by atoms with Crippen LogP contribution in [0.15, 0.2) is 16.7 Å². The van der Waals surface area contributed by atoms with Crippen molar-refractivity contribution in [3.05, 3.63) is 16.7 Å². The van der Waals surface area contributed by atoms with Gasteiger partial charge in [-0.3, -0.25) is 0 Å². The fraction of sp³-hybridized carbons (Fsp3) is 0.643. The first-order valence-electron chi connectivity index (χ1n) is 6.97. The van der Waals surface area contributed by atoms with Gasteiger partial charge in [0.15, 0.2) is 0 Å². The zero-order valence-electron chi connectivity index (χ0n) is 12.5. The first-order chi connectivity index (χ1) is 9.83. The van der Waals surface area contributed by atoms with Gasteiger partial charge in [-0.15, -0.1) is 10.2 Å². The molecule has 0 unspecified atom stereocenters. The highest BCUT2D eigenvalue weighted by atomic mass is 79.9. The van der Waals surface area contributed by atoms with Crippen molar-refractivity contribution in [1.82, 2.24) is 15.1 Å². The van der Waals surface area contributed by atoms with Gasteiger partial charge in [0.1, 0.15) is 16.3 Å². The molecule has 1 amide bonds. The summed E-state index contributed by atoms with van der Waals surface area (Å²) < 4.78 is 11.8. The summed E-state index contributed by atoms with van der Waals surface area (Å²) in [7, 11) is 0. The van der Waals surface area contributed by atoms with Crippen LogP contribution >= 0.6 is 15.9 Å². The van der Waals surface area contributed by atoms with Crippen LogP contribution in [0, 0.1) is 0 Å². The predicted octanol–water partition coefficient (Wildman–Crippen LogP) is 3.02. The van der Waals surface area contributed by atoms with Crippen LogP contribution in [-0.2, 0) is 4.74 Å². The van der Waals surface area contributed by atoms with Crippen molar-refractivity contribution in [1.29, 1.82) is 0 Å². The number of hydrogen-bond donors (Lipinski definition) is 0. The molecule has 1 aromatic heterocycles. The molecule has 1 aliphatic heterocycles. The molecule has 1 saturated heterocycles. The summed E-state index contributed by atoms with van der Waals surface area (Å²) in [6, 6.07) is 3.56. The van der Waals surface area contributed by atoms with Crippen LogP contribution in [0.3, 0.4) is 0 Å². The van der Waals surface area contributed by atoms with Crippen molar-refractivity contribution in [3.8, 4) is 5.88 Å². The lowest BCUT2D eigenvalue weighted by molar-refractivity contribution is 0.0122. The van der Waals surface area contributed by atoms with E-state index in [0.717, 1.165) is 12.8 Å². The average Bonchev–Trinajstić information content (AvgIpc) is 2.40. The number of ether oxygens (including phenoxy) is 2. The topological polar surface area (TPSA) is 64.5 Å². The Hall–Kier alpha value is -1.37. The first kappa shape index (κ1) is 16.0. The molecule has 0 saturated carbocycles. The molecule has 0 atom stereocenters. The fourth-order valence-corrected chi connectivity index (χ4v) is 2.23. The summed E-state index contributed by atoms with van der Waals surface area (Å²) in [5.41, 5.74) is -0.461. The number of rotatable bonds is 2. The van der Waals surface area contributed by atoms with Crippen LogP contribution < -0.4 is 4.74 Å². The van der Waals surface area contributed by atoms with Gasteiger partial charge in [-0.25, -0.2) is 4.79 Å². The summed E-state index contributed by atoms with van der Waals surface area (Å²) in [6.45, 7) is 6.86. The zero-order valence-corrected chi connectivity index (χ0v) is 14.1. The van der Waals surface area contributed by atoms with E-state index in [9.17, 15) is 4.79 Å². The van der Waals surface area contributed by atoms with Gasteiger partial charge in [0, 0.05) is 32.0 Å². The van der Waals surface area contributed by atoms with E-state index in [4.69, 9.17) is 9.47 Å². The van der Waals surface area contributed by atoms with Crippen LogP contribution in [0.25, 0.3) is 0 Å². The van der Waals surface area contributed by atoms with Gasteiger partial charge in [-0.05, 0) is 42.8 Å². The number of nitrogens with zero attached hydrogens (tertiary/aromatic N) is 3. The molecule has 0 radical (unpaired) electrons. The summed E-state index contributed by atoms with van der Waals surface area (Å²) >= 11 is 3.23. The minimum Gasteiger partial charge on any atom is -0.473 e. The third-order valence-corrected chi connectivity index (χ3v) is 3.41. The highest BCUT2D eigenvalue weighted by molar-refractivity contribution is 9.10. The normalized spacial score (nSPS) is 16.7. The quantitative estimate of drug-likeness (QED) is 0.813. The van der Waals surface area contributed by atoms with Crippen molar-refractivity contribution in [3.63, 3.8) is 0 Å². The molecule has 0 spiro atoms. The van der Waals surface area contributed by atoms with Crippen molar-refractivity contribution in [2.75, 3.05) is 13.1 Å². The largest absolute Gasteiger partial charge is 0.473 e. The Kier molecular flexibility index (Phi) is 5.03. The van der Waals surface area contributed by atoms with Crippen LogP contribution in [0.4, 0.5) is 4.79 Å². The Morgan fingerprint density at radius 2 is 1.95 bits per heavy atom. The predicted molar refractivity (Wildman–Crippen MR) is 81.2 cm³/mol. The van der Waals surface area contributed by atoms with Gasteiger partial charge < -0.3 is 14.4 Å². The van der Waals surface area contributed by atoms with Gasteiger partial charge in [-0.1, -0.05) is 0 Å². The molecule has 6 nitrogen and oxygen atoms in total. The van der Waals surface area contributed by atoms with Crippen LogP contribution in [0.5, 0.6) is 5.88 Å². The molecule has 2 rings (SSSR count). The smallest absolute Gasteiger partial charge is 0.410 e. The van der Waals surface area contributed by atoms with Gasteiger partial charge in [0.2, 0.25) is 5.88 Å². The molecule has 0 aliphatic carbocycles. The third kappa shape index (κ3) is 5.15. The number of hydrogen-bond acceptors (Lipinski definition) is 5. The molecular weight excluding hydrogens is 338 g/mol. The van der Waals surface area contributed by atoms with Crippen molar-refractivity contribution >= 4 is 22.0 Å². The standard InChI is InChI=1S/C14H20BrN3O3/c1-14(2,3)21-13(19)18-8-6-10(7-9-18)20-12-5-4-11(15)16-17-12/h4-5,10H,6-9H2,1-3H3. The minimum absolute atomic E-state index is 0.0548. The van der Waals surface area contributed by atoms with E-state index in [1.54, 1.807) is 17.0 Å². The average molecular weight is 358 g/mol. The fourth-order valence-electron chi connectivity index (χ4n) is 2.02. The molecule has 0 aromatic carbocycles. The molecule has 21 heavy (non-hydrogen) atoms. The van der Waals surface area contributed by atoms with E-state index in [1.807, 2.05) is 20.8 Å².